The van der Waals surface area contributed by atoms with E-state index < -0.39 is 6.04 Å². The highest BCUT2D eigenvalue weighted by molar-refractivity contribution is 6.26. The van der Waals surface area contributed by atoms with Gasteiger partial charge in [0.15, 0.2) is 0 Å². The number of anilines is 1. The van der Waals surface area contributed by atoms with E-state index in [0.717, 1.165) is 22.9 Å². The molecule has 0 fully saturated rings. The predicted octanol–water partition coefficient (Wildman–Crippen LogP) is 3.10. The van der Waals surface area contributed by atoms with Crippen LogP contribution in [-0.2, 0) is 4.79 Å². The maximum absolute atomic E-state index is 12.7. The van der Waals surface area contributed by atoms with E-state index >= 15 is 0 Å². The third-order valence-corrected chi connectivity index (χ3v) is 4.36. The Morgan fingerprint density at radius 1 is 1.18 bits per heavy atom. The van der Waals surface area contributed by atoms with Gasteiger partial charge in [0.25, 0.3) is 5.91 Å². The number of rotatable bonds is 4. The number of carbonyl (C=O) groups excluding carboxylic acids is 2. The lowest BCUT2D eigenvalue weighted by molar-refractivity contribution is -0.122. The van der Waals surface area contributed by atoms with Crippen molar-refractivity contribution in [1.82, 2.24) is 5.32 Å². The van der Waals surface area contributed by atoms with E-state index in [1.54, 1.807) is 11.8 Å². The molecule has 2 aromatic rings. The van der Waals surface area contributed by atoms with Crippen molar-refractivity contribution < 1.29 is 9.59 Å². The molecule has 1 N–H and O–H groups in total. The lowest BCUT2D eigenvalue weighted by Gasteiger charge is -2.26. The molecule has 2 aromatic carbocycles. The van der Waals surface area contributed by atoms with Gasteiger partial charge >= 0.3 is 0 Å². The minimum absolute atomic E-state index is 0.0985. The molecule has 0 unspecified atom stereocenters. The highest BCUT2D eigenvalue weighted by Gasteiger charge is 2.35. The first kappa shape index (κ1) is 14.6. The summed E-state index contributed by atoms with van der Waals surface area (Å²) in [5, 5.41) is 4.92. The Hall–Kier alpha value is -2.36. The summed E-state index contributed by atoms with van der Waals surface area (Å²) in [6.45, 7) is 5.76. The quantitative estimate of drug-likeness (QED) is 0.942. The Morgan fingerprint density at radius 3 is 2.55 bits per heavy atom. The molecule has 0 saturated carbocycles. The van der Waals surface area contributed by atoms with Gasteiger partial charge in [0, 0.05) is 17.0 Å². The number of hydrogen-bond donors (Lipinski definition) is 1. The molecule has 0 spiro atoms. The van der Waals surface area contributed by atoms with Crippen LogP contribution >= 0.6 is 0 Å². The first-order chi connectivity index (χ1) is 10.5. The van der Waals surface area contributed by atoms with Crippen LogP contribution in [0.25, 0.3) is 10.8 Å². The Labute approximate surface area is 130 Å². The van der Waals surface area contributed by atoms with E-state index in [1.807, 2.05) is 50.2 Å². The predicted molar refractivity (Wildman–Crippen MR) is 88.1 cm³/mol. The van der Waals surface area contributed by atoms with Crippen molar-refractivity contribution in [2.75, 3.05) is 4.90 Å². The summed E-state index contributed by atoms with van der Waals surface area (Å²) in [4.78, 5) is 26.7. The van der Waals surface area contributed by atoms with Gasteiger partial charge in [-0.3, -0.25) is 14.5 Å². The van der Waals surface area contributed by atoms with E-state index in [1.165, 1.54) is 0 Å². The molecule has 114 valence electrons. The van der Waals surface area contributed by atoms with Crippen LogP contribution in [0.5, 0.6) is 0 Å². The van der Waals surface area contributed by atoms with E-state index in [-0.39, 0.29) is 17.9 Å². The molecular formula is C18H20N2O2. The van der Waals surface area contributed by atoms with Crippen LogP contribution in [0.15, 0.2) is 36.4 Å². The molecule has 0 aromatic heterocycles. The molecule has 2 amide bonds. The molecular weight excluding hydrogens is 276 g/mol. The zero-order chi connectivity index (χ0) is 15.9. The molecule has 4 heteroatoms. The van der Waals surface area contributed by atoms with Crippen molar-refractivity contribution in [3.8, 4) is 0 Å². The zero-order valence-electron chi connectivity index (χ0n) is 13.1. The summed E-state index contributed by atoms with van der Waals surface area (Å²) in [6, 6.07) is 11.1. The number of hydrogen-bond acceptors (Lipinski definition) is 2. The molecule has 4 nitrogen and oxygen atoms in total. The van der Waals surface area contributed by atoms with Crippen LogP contribution in [-0.4, -0.2) is 23.9 Å². The lowest BCUT2D eigenvalue weighted by Crippen LogP contribution is -2.48. The van der Waals surface area contributed by atoms with Crippen LogP contribution < -0.4 is 10.2 Å². The van der Waals surface area contributed by atoms with Crippen molar-refractivity contribution in [1.29, 1.82) is 0 Å². The van der Waals surface area contributed by atoms with E-state index in [2.05, 4.69) is 5.32 Å². The smallest absolute Gasteiger partial charge is 0.259 e. The van der Waals surface area contributed by atoms with Crippen LogP contribution in [0.1, 0.15) is 37.6 Å². The summed E-state index contributed by atoms with van der Waals surface area (Å²) in [5.41, 5.74) is 1.50. The number of carbonyl (C=O) groups is 2. The van der Waals surface area contributed by atoms with E-state index in [4.69, 9.17) is 0 Å². The van der Waals surface area contributed by atoms with E-state index in [0.29, 0.717) is 5.56 Å². The maximum Gasteiger partial charge on any atom is 0.259 e. The summed E-state index contributed by atoms with van der Waals surface area (Å²) < 4.78 is 0. The lowest BCUT2D eigenvalue weighted by atomic mass is 10.1. The van der Waals surface area contributed by atoms with Gasteiger partial charge in [0.05, 0.1) is 5.69 Å². The molecule has 0 radical (unpaired) electrons. The average Bonchev–Trinajstić information content (AvgIpc) is 2.81. The van der Waals surface area contributed by atoms with Gasteiger partial charge in [-0.05, 0) is 37.8 Å². The fourth-order valence-corrected chi connectivity index (χ4v) is 2.91. The summed E-state index contributed by atoms with van der Waals surface area (Å²) in [6.07, 6.45) is 0.863. The third kappa shape index (κ3) is 2.15. The monoisotopic (exact) mass is 296 g/mol. The summed E-state index contributed by atoms with van der Waals surface area (Å²) >= 11 is 0. The largest absolute Gasteiger partial charge is 0.352 e. The molecule has 0 bridgehead atoms. The van der Waals surface area contributed by atoms with Gasteiger partial charge in [0.2, 0.25) is 5.91 Å². The van der Waals surface area contributed by atoms with Crippen molar-refractivity contribution in [2.24, 2.45) is 0 Å². The van der Waals surface area contributed by atoms with Gasteiger partial charge in [-0.25, -0.2) is 0 Å². The molecule has 1 aliphatic rings. The molecule has 0 aliphatic carbocycles. The number of nitrogens with one attached hydrogen (secondary N) is 1. The highest BCUT2D eigenvalue weighted by Crippen LogP contribution is 2.38. The van der Waals surface area contributed by atoms with Crippen molar-refractivity contribution >= 4 is 28.3 Å². The van der Waals surface area contributed by atoms with Crippen LogP contribution in [0.4, 0.5) is 5.69 Å². The van der Waals surface area contributed by atoms with Crippen molar-refractivity contribution in [2.45, 2.75) is 39.3 Å². The fourth-order valence-electron chi connectivity index (χ4n) is 2.91. The minimum Gasteiger partial charge on any atom is -0.352 e. The Kier molecular flexibility index (Phi) is 3.61. The van der Waals surface area contributed by atoms with Gasteiger partial charge in [0.1, 0.15) is 6.04 Å². The summed E-state index contributed by atoms with van der Waals surface area (Å²) in [5.74, 6) is -0.217. The third-order valence-electron chi connectivity index (χ3n) is 4.36. The van der Waals surface area contributed by atoms with Gasteiger partial charge in [-0.1, -0.05) is 31.2 Å². The first-order valence-corrected chi connectivity index (χ1v) is 7.70. The first-order valence-electron chi connectivity index (χ1n) is 7.70. The van der Waals surface area contributed by atoms with Gasteiger partial charge in [-0.2, -0.15) is 0 Å². The molecule has 2 atom stereocenters. The molecule has 1 heterocycles. The molecule has 1 aliphatic heterocycles. The Balaban J connectivity index is 1.99. The maximum atomic E-state index is 12.7. The second-order valence-corrected chi connectivity index (χ2v) is 5.85. The SMILES string of the molecule is CC[C@H](C)NC(=O)[C@@H](C)N1C(=O)c2cccc3cccc1c23. The summed E-state index contributed by atoms with van der Waals surface area (Å²) in [7, 11) is 0. The average molecular weight is 296 g/mol. The highest BCUT2D eigenvalue weighted by atomic mass is 16.2. The topological polar surface area (TPSA) is 49.4 Å². The molecule has 0 saturated heterocycles. The number of nitrogens with zero attached hydrogens (tertiary/aromatic N) is 1. The number of amides is 2. The second kappa shape index (κ2) is 5.44. The van der Waals surface area contributed by atoms with E-state index in [9.17, 15) is 9.59 Å². The molecule has 3 rings (SSSR count). The van der Waals surface area contributed by atoms with Gasteiger partial charge in [-0.15, -0.1) is 0 Å². The second-order valence-electron chi connectivity index (χ2n) is 5.85. The normalized spacial score (nSPS) is 16.0. The van der Waals surface area contributed by atoms with Crippen molar-refractivity contribution in [3.05, 3.63) is 42.0 Å². The number of benzene rings is 2. The minimum atomic E-state index is -0.528. The standard InChI is InChI=1S/C18H20N2O2/c1-4-11(2)19-17(21)12(3)20-15-10-6-8-13-7-5-9-14(16(13)15)18(20)22/h5-12H,4H2,1-3H3,(H,19,21)/t11-,12+/m0/s1. The zero-order valence-corrected chi connectivity index (χ0v) is 13.1. The van der Waals surface area contributed by atoms with Crippen LogP contribution in [0, 0.1) is 0 Å². The Bertz CT molecular complexity index is 749. The Morgan fingerprint density at radius 2 is 1.86 bits per heavy atom. The van der Waals surface area contributed by atoms with Crippen molar-refractivity contribution in [3.63, 3.8) is 0 Å². The molecule has 22 heavy (non-hydrogen) atoms. The van der Waals surface area contributed by atoms with Gasteiger partial charge < -0.3 is 5.32 Å². The van der Waals surface area contributed by atoms with Crippen LogP contribution in [0.3, 0.4) is 0 Å². The van der Waals surface area contributed by atoms with Crippen LogP contribution in [0.2, 0.25) is 0 Å². The fraction of sp³-hybridized carbons (Fsp3) is 0.333.